The van der Waals surface area contributed by atoms with Crippen LogP contribution in [-0.4, -0.2) is 17.3 Å². The van der Waals surface area contributed by atoms with Crippen LogP contribution in [0.1, 0.15) is 24.4 Å². The van der Waals surface area contributed by atoms with E-state index in [0.29, 0.717) is 12.0 Å². The molecule has 0 aliphatic carbocycles. The van der Waals surface area contributed by atoms with E-state index in [1.54, 1.807) is 30.3 Å². The third kappa shape index (κ3) is 4.82. The lowest BCUT2D eigenvalue weighted by Gasteiger charge is -2.22. The minimum absolute atomic E-state index is 0.241. The van der Waals surface area contributed by atoms with Gasteiger partial charge >= 0.3 is 0 Å². The Balaban J connectivity index is 2.79. The van der Waals surface area contributed by atoms with Crippen LogP contribution in [0.5, 0.6) is 0 Å². The molecule has 1 rings (SSSR count). The predicted molar refractivity (Wildman–Crippen MR) is 69.5 cm³/mol. The summed E-state index contributed by atoms with van der Waals surface area (Å²) in [5.74, 6) is -0.241. The molecule has 0 saturated carbocycles. The molecule has 2 atom stereocenters. The minimum Gasteiger partial charge on any atom is -0.393 e. The van der Waals surface area contributed by atoms with Gasteiger partial charge in [-0.25, -0.2) is 0 Å². The molecule has 5 heteroatoms. The number of hydrogen-bond donors (Lipinski definition) is 2. The molecule has 0 spiro atoms. The lowest BCUT2D eigenvalue weighted by Crippen LogP contribution is -2.37. The molecule has 2 N–H and O–H groups in total. The zero-order chi connectivity index (χ0) is 14.1. The summed E-state index contributed by atoms with van der Waals surface area (Å²) in [6.45, 7) is 3.54. The molecule has 0 aliphatic rings. The average Bonchev–Trinajstić information content (AvgIpc) is 2.43. The highest BCUT2D eigenvalue weighted by molar-refractivity contribution is 5.76. The fraction of sp³-hybridized carbons (Fsp3) is 0.286. The number of ether oxygens (including phenoxy) is 1. The Bertz CT molecular complexity index is 454. The number of aliphatic hydroxyl groups is 1. The van der Waals surface area contributed by atoms with Crippen LogP contribution in [0.4, 0.5) is 0 Å². The summed E-state index contributed by atoms with van der Waals surface area (Å²) in [6, 6.07) is 8.06. The van der Waals surface area contributed by atoms with Gasteiger partial charge in [0.2, 0.25) is 12.2 Å². The van der Waals surface area contributed by atoms with E-state index in [9.17, 15) is 9.90 Å². The van der Waals surface area contributed by atoms with Gasteiger partial charge in [0.05, 0.1) is 0 Å². The first kappa shape index (κ1) is 14.7. The van der Waals surface area contributed by atoms with Crippen molar-refractivity contribution in [1.82, 2.24) is 5.32 Å². The molecule has 0 fully saturated rings. The number of hydrogen-bond acceptors (Lipinski definition) is 4. The first-order valence-electron chi connectivity index (χ1n) is 5.87. The Morgan fingerprint density at radius 2 is 2.21 bits per heavy atom. The van der Waals surface area contributed by atoms with Gasteiger partial charge in [-0.3, -0.25) is 4.79 Å². The first-order valence-corrected chi connectivity index (χ1v) is 5.87. The zero-order valence-corrected chi connectivity index (χ0v) is 10.5. The number of amides is 1. The van der Waals surface area contributed by atoms with Gasteiger partial charge in [-0.2, -0.15) is 5.26 Å². The van der Waals surface area contributed by atoms with Gasteiger partial charge in [-0.05, 0) is 12.0 Å². The van der Waals surface area contributed by atoms with Crippen molar-refractivity contribution in [1.29, 1.82) is 5.26 Å². The maximum Gasteiger partial charge on any atom is 0.289 e. The molecule has 0 aliphatic heterocycles. The van der Waals surface area contributed by atoms with Crippen LogP contribution in [0.2, 0.25) is 0 Å². The normalized spacial score (nSPS) is 12.8. The lowest BCUT2D eigenvalue weighted by molar-refractivity contribution is -0.127. The fourth-order valence-electron chi connectivity index (χ4n) is 1.58. The molecular formula is C14H16N2O3. The molecule has 5 nitrogen and oxygen atoms in total. The molecule has 0 aromatic heterocycles. The maximum absolute atomic E-state index is 11.7. The van der Waals surface area contributed by atoms with E-state index >= 15 is 0 Å². The Morgan fingerprint density at radius 3 is 2.79 bits per heavy atom. The second-order valence-electron chi connectivity index (χ2n) is 3.88. The molecule has 19 heavy (non-hydrogen) atoms. The Hall–Kier alpha value is -2.32. The number of benzene rings is 1. The number of nitrogens with zero attached hydrogens (tertiary/aromatic N) is 1. The highest BCUT2D eigenvalue weighted by atomic mass is 16.6. The third-order valence-electron chi connectivity index (χ3n) is 2.51. The molecule has 1 aromatic carbocycles. The van der Waals surface area contributed by atoms with Crippen molar-refractivity contribution >= 4 is 5.91 Å². The van der Waals surface area contributed by atoms with Gasteiger partial charge in [0, 0.05) is 6.42 Å². The third-order valence-corrected chi connectivity index (χ3v) is 2.51. The summed E-state index contributed by atoms with van der Waals surface area (Å²) in [5.41, 5.74) is 0.664. The lowest BCUT2D eigenvalue weighted by atomic mass is 10.1. The molecule has 0 saturated heterocycles. The molecule has 0 radical (unpaired) electrons. The van der Waals surface area contributed by atoms with Crippen molar-refractivity contribution in [3.63, 3.8) is 0 Å². The van der Waals surface area contributed by atoms with Crippen LogP contribution in [-0.2, 0) is 9.53 Å². The van der Waals surface area contributed by atoms with Crippen molar-refractivity contribution in [2.45, 2.75) is 25.2 Å². The van der Waals surface area contributed by atoms with E-state index in [-0.39, 0.29) is 12.3 Å². The Morgan fingerprint density at radius 1 is 1.53 bits per heavy atom. The maximum atomic E-state index is 11.7. The van der Waals surface area contributed by atoms with Crippen LogP contribution in [0.15, 0.2) is 43.0 Å². The molecule has 1 aromatic rings. The second kappa shape index (κ2) is 7.90. The van der Waals surface area contributed by atoms with E-state index in [4.69, 9.17) is 5.26 Å². The summed E-state index contributed by atoms with van der Waals surface area (Å²) in [5, 5.41) is 20.8. The number of nitrogens with one attached hydrogen (secondary N) is 1. The number of carbonyl (C=O) groups is 1. The molecule has 1 unspecified atom stereocenters. The largest absolute Gasteiger partial charge is 0.393 e. The van der Waals surface area contributed by atoms with E-state index in [1.807, 2.05) is 6.07 Å². The average molecular weight is 260 g/mol. The number of aliphatic hydroxyl groups excluding tert-OH is 1. The quantitative estimate of drug-likeness (QED) is 0.443. The van der Waals surface area contributed by atoms with E-state index in [0.717, 1.165) is 0 Å². The van der Waals surface area contributed by atoms with E-state index in [1.165, 1.54) is 6.26 Å². The van der Waals surface area contributed by atoms with Gasteiger partial charge in [-0.15, -0.1) is 6.58 Å². The van der Waals surface area contributed by atoms with E-state index < -0.39 is 12.3 Å². The number of carbonyl (C=O) groups excluding carboxylic acids is 1. The minimum atomic E-state index is -1.42. The zero-order valence-electron chi connectivity index (χ0n) is 10.5. The molecule has 100 valence electrons. The molecule has 0 bridgehead atoms. The smallest absolute Gasteiger partial charge is 0.289 e. The SMILES string of the molecule is C=CCCC(=O)N[C@@H](c1ccccc1)C(O)OC#N. The van der Waals surface area contributed by atoms with Crippen LogP contribution in [0.25, 0.3) is 0 Å². The Labute approximate surface area is 112 Å². The van der Waals surface area contributed by atoms with E-state index in [2.05, 4.69) is 16.6 Å². The summed E-state index contributed by atoms with van der Waals surface area (Å²) >= 11 is 0. The summed E-state index contributed by atoms with van der Waals surface area (Å²) in [6.07, 6.45) is 2.45. The predicted octanol–water partition coefficient (Wildman–Crippen LogP) is 1.63. The van der Waals surface area contributed by atoms with Gasteiger partial charge in [-0.1, -0.05) is 36.4 Å². The monoisotopic (exact) mass is 260 g/mol. The molecule has 1 amide bonds. The topological polar surface area (TPSA) is 82.3 Å². The molecular weight excluding hydrogens is 244 g/mol. The van der Waals surface area contributed by atoms with Crippen molar-refractivity contribution in [3.05, 3.63) is 48.6 Å². The second-order valence-corrected chi connectivity index (χ2v) is 3.88. The fourth-order valence-corrected chi connectivity index (χ4v) is 1.58. The van der Waals surface area contributed by atoms with Crippen LogP contribution in [0.3, 0.4) is 0 Å². The van der Waals surface area contributed by atoms with Crippen molar-refractivity contribution in [2.75, 3.05) is 0 Å². The first-order chi connectivity index (χ1) is 9.19. The summed E-state index contributed by atoms with van der Waals surface area (Å²) in [4.78, 5) is 11.7. The van der Waals surface area contributed by atoms with Crippen molar-refractivity contribution < 1.29 is 14.6 Å². The summed E-state index contributed by atoms with van der Waals surface area (Å²) in [7, 11) is 0. The van der Waals surface area contributed by atoms with Gasteiger partial charge in [0.15, 0.2) is 0 Å². The highest BCUT2D eigenvalue weighted by Gasteiger charge is 2.24. The molecule has 0 heterocycles. The van der Waals surface area contributed by atoms with Crippen LogP contribution < -0.4 is 5.32 Å². The number of rotatable bonds is 7. The van der Waals surface area contributed by atoms with Crippen LogP contribution in [0, 0.1) is 11.5 Å². The van der Waals surface area contributed by atoms with Crippen molar-refractivity contribution in [3.8, 4) is 6.26 Å². The van der Waals surface area contributed by atoms with Crippen molar-refractivity contribution in [2.24, 2.45) is 0 Å². The number of nitriles is 1. The van der Waals surface area contributed by atoms with Gasteiger partial charge in [0.25, 0.3) is 6.26 Å². The number of allylic oxidation sites excluding steroid dienone is 1. The van der Waals surface area contributed by atoms with Gasteiger partial charge in [0.1, 0.15) is 6.04 Å². The Kier molecular flexibility index (Phi) is 6.13. The standard InChI is InChI=1S/C14H16N2O3/c1-2-3-9-12(17)16-13(14(18)19-10-15)11-7-5-4-6-8-11/h2,4-8,13-14,18H,1,3,9H2,(H,16,17)/t13-,14?/m0/s1. The van der Waals surface area contributed by atoms with Crippen LogP contribution >= 0.6 is 0 Å². The van der Waals surface area contributed by atoms with Gasteiger partial charge < -0.3 is 15.2 Å². The highest BCUT2D eigenvalue weighted by Crippen LogP contribution is 2.17. The summed E-state index contributed by atoms with van der Waals surface area (Å²) < 4.78 is 4.49.